The van der Waals surface area contributed by atoms with Crippen molar-refractivity contribution in [2.24, 2.45) is 0 Å². The maximum atomic E-state index is 12.3. The van der Waals surface area contributed by atoms with Crippen LogP contribution in [-0.4, -0.2) is 34.8 Å². The zero-order valence-corrected chi connectivity index (χ0v) is 14.1. The number of hydrogen-bond acceptors (Lipinski definition) is 4. The van der Waals surface area contributed by atoms with Gasteiger partial charge >= 0.3 is 0 Å². The van der Waals surface area contributed by atoms with Gasteiger partial charge in [-0.25, -0.2) is 0 Å². The number of phenols is 1. The Morgan fingerprint density at radius 3 is 2.88 bits per heavy atom. The third-order valence-electron chi connectivity index (χ3n) is 4.54. The second-order valence-electron chi connectivity index (χ2n) is 6.13. The smallest absolute Gasteiger partial charge is 0.233 e. The van der Waals surface area contributed by atoms with E-state index in [1.165, 1.54) is 11.1 Å². The maximum Gasteiger partial charge on any atom is 0.233 e. The molecule has 1 amide bonds. The van der Waals surface area contributed by atoms with E-state index >= 15 is 0 Å². The summed E-state index contributed by atoms with van der Waals surface area (Å²) in [5, 5.41) is 9.45. The number of aromatic hydroxyl groups is 1. The molecule has 4 rings (SSSR count). The number of benzene rings is 2. The number of fused-ring (bicyclic) bond motifs is 1. The first-order chi connectivity index (χ1) is 11.7. The molecular weight excluding hydrogens is 322 g/mol. The van der Waals surface area contributed by atoms with E-state index in [2.05, 4.69) is 12.1 Å². The van der Waals surface area contributed by atoms with Crippen molar-refractivity contribution in [3.8, 4) is 11.5 Å². The molecule has 2 aromatic carbocycles. The molecule has 1 atom stereocenters. The summed E-state index contributed by atoms with van der Waals surface area (Å²) in [6, 6.07) is 13.5. The predicted molar refractivity (Wildman–Crippen MR) is 94.4 cm³/mol. The lowest BCUT2D eigenvalue weighted by Gasteiger charge is -2.24. The van der Waals surface area contributed by atoms with Gasteiger partial charge in [-0.1, -0.05) is 18.2 Å². The van der Waals surface area contributed by atoms with Gasteiger partial charge in [0.15, 0.2) is 0 Å². The summed E-state index contributed by atoms with van der Waals surface area (Å²) in [7, 11) is 0. The van der Waals surface area contributed by atoms with Gasteiger partial charge in [0.1, 0.15) is 16.9 Å². The van der Waals surface area contributed by atoms with Crippen molar-refractivity contribution in [1.29, 1.82) is 0 Å². The molecule has 2 aliphatic heterocycles. The van der Waals surface area contributed by atoms with Gasteiger partial charge in [-0.3, -0.25) is 4.79 Å². The summed E-state index contributed by atoms with van der Waals surface area (Å²) >= 11 is 1.69. The summed E-state index contributed by atoms with van der Waals surface area (Å²) in [6.07, 6.45) is 1.74. The van der Waals surface area contributed by atoms with Crippen LogP contribution in [0.3, 0.4) is 0 Å². The first-order valence-corrected chi connectivity index (χ1v) is 9.20. The molecule has 1 saturated heterocycles. The number of hydrogen-bond donors (Lipinski definition) is 1. The number of nitrogens with zero attached hydrogens (tertiary/aromatic N) is 1. The van der Waals surface area contributed by atoms with Crippen molar-refractivity contribution in [3.63, 3.8) is 0 Å². The van der Waals surface area contributed by atoms with Crippen LogP contribution in [0.2, 0.25) is 0 Å². The first kappa shape index (κ1) is 15.4. The highest BCUT2D eigenvalue weighted by Gasteiger charge is 2.33. The number of ether oxygens (including phenoxy) is 1. The van der Waals surface area contributed by atoms with Crippen molar-refractivity contribution in [1.82, 2.24) is 4.90 Å². The molecule has 4 nitrogen and oxygen atoms in total. The third kappa shape index (κ3) is 2.96. The van der Waals surface area contributed by atoms with Gasteiger partial charge in [0.25, 0.3) is 0 Å². The second-order valence-corrected chi connectivity index (χ2v) is 7.20. The molecule has 0 bridgehead atoms. The second kappa shape index (κ2) is 6.40. The van der Waals surface area contributed by atoms with Crippen LogP contribution in [0.4, 0.5) is 0 Å². The zero-order chi connectivity index (χ0) is 16.5. The summed E-state index contributed by atoms with van der Waals surface area (Å²) < 4.78 is 5.57. The van der Waals surface area contributed by atoms with E-state index in [1.54, 1.807) is 23.9 Å². The minimum atomic E-state index is 0.0838. The van der Waals surface area contributed by atoms with Crippen LogP contribution in [0, 0.1) is 0 Å². The van der Waals surface area contributed by atoms with Crippen LogP contribution in [0.15, 0.2) is 42.5 Å². The third-order valence-corrected chi connectivity index (χ3v) is 5.80. The van der Waals surface area contributed by atoms with Gasteiger partial charge in [-0.15, -0.1) is 11.8 Å². The number of carbonyl (C=O) groups is 1. The average molecular weight is 341 g/mol. The molecule has 24 heavy (non-hydrogen) atoms. The Morgan fingerprint density at radius 2 is 2.04 bits per heavy atom. The molecular formula is C19H19NO3S. The molecule has 1 N–H and O–H groups in total. The lowest BCUT2D eigenvalue weighted by molar-refractivity contribution is -0.128. The Hall–Kier alpha value is -2.14. The number of carbonyl (C=O) groups excluding carboxylic acids is 1. The van der Waals surface area contributed by atoms with Crippen molar-refractivity contribution in [3.05, 3.63) is 59.2 Å². The van der Waals surface area contributed by atoms with Crippen LogP contribution in [-0.2, 0) is 17.6 Å². The van der Waals surface area contributed by atoms with Crippen LogP contribution in [0.1, 0.15) is 22.1 Å². The summed E-state index contributed by atoms with van der Waals surface area (Å²) in [5.74, 6) is 1.97. The fraction of sp³-hybridized carbons (Fsp3) is 0.316. The molecule has 0 saturated carbocycles. The minimum Gasteiger partial charge on any atom is -0.508 e. The van der Waals surface area contributed by atoms with Crippen LogP contribution >= 0.6 is 11.8 Å². The fourth-order valence-corrected chi connectivity index (χ4v) is 4.45. The fourth-order valence-electron chi connectivity index (χ4n) is 3.24. The Labute approximate surface area is 145 Å². The zero-order valence-electron chi connectivity index (χ0n) is 13.3. The lowest BCUT2D eigenvalue weighted by Crippen LogP contribution is -2.30. The summed E-state index contributed by atoms with van der Waals surface area (Å²) in [4.78, 5) is 14.3. The molecule has 2 aromatic rings. The van der Waals surface area contributed by atoms with Gasteiger partial charge in [0.2, 0.25) is 5.91 Å². The average Bonchev–Trinajstić information content (AvgIpc) is 3.20. The quantitative estimate of drug-likeness (QED) is 0.928. The number of rotatable bonds is 4. The summed E-state index contributed by atoms with van der Waals surface area (Å²) in [5.41, 5.74) is 3.55. The molecule has 2 aliphatic rings. The molecule has 124 valence electrons. The molecule has 0 spiro atoms. The number of amides is 1. The van der Waals surface area contributed by atoms with E-state index in [1.807, 2.05) is 23.1 Å². The van der Waals surface area contributed by atoms with E-state index in [0.29, 0.717) is 12.3 Å². The molecule has 0 aliphatic carbocycles. The van der Waals surface area contributed by atoms with Crippen LogP contribution in [0.25, 0.3) is 0 Å². The number of phenolic OH excluding ortho intramolecular Hbond substituents is 1. The van der Waals surface area contributed by atoms with Crippen molar-refractivity contribution >= 4 is 17.7 Å². The van der Waals surface area contributed by atoms with Gasteiger partial charge in [0, 0.05) is 13.0 Å². The highest BCUT2D eigenvalue weighted by atomic mass is 32.2. The van der Waals surface area contributed by atoms with E-state index in [-0.39, 0.29) is 17.0 Å². The lowest BCUT2D eigenvalue weighted by atomic mass is 10.1. The highest BCUT2D eigenvalue weighted by molar-refractivity contribution is 8.00. The number of thioether (sulfide) groups is 1. The van der Waals surface area contributed by atoms with Crippen LogP contribution < -0.4 is 4.74 Å². The Kier molecular flexibility index (Phi) is 4.10. The van der Waals surface area contributed by atoms with E-state index in [9.17, 15) is 9.90 Å². The largest absolute Gasteiger partial charge is 0.508 e. The van der Waals surface area contributed by atoms with Gasteiger partial charge in [0.05, 0.1) is 12.4 Å². The Bertz CT molecular complexity index is 760. The van der Waals surface area contributed by atoms with Crippen molar-refractivity contribution in [2.75, 3.05) is 18.9 Å². The Balaban J connectivity index is 1.50. The van der Waals surface area contributed by atoms with Crippen LogP contribution in [0.5, 0.6) is 11.5 Å². The molecule has 2 heterocycles. The van der Waals surface area contributed by atoms with Gasteiger partial charge in [-0.05, 0) is 47.4 Å². The van der Waals surface area contributed by atoms with Gasteiger partial charge in [-0.2, -0.15) is 0 Å². The van der Waals surface area contributed by atoms with Gasteiger partial charge < -0.3 is 14.7 Å². The SMILES string of the molecule is O=C1CSC(c2ccc3c(c2)CCO3)N1CCc1ccc(O)cc1. The van der Waals surface area contributed by atoms with Crippen molar-refractivity contribution < 1.29 is 14.6 Å². The molecule has 5 heteroatoms. The topological polar surface area (TPSA) is 49.8 Å². The molecule has 1 unspecified atom stereocenters. The standard InChI is InChI=1S/C19H19NO3S/c21-16-4-1-13(2-5-16)7-9-20-18(22)12-24-19(20)15-3-6-17-14(11-15)8-10-23-17/h1-6,11,19,21H,7-10,12H2. The van der Waals surface area contributed by atoms with Crippen molar-refractivity contribution in [2.45, 2.75) is 18.2 Å². The highest BCUT2D eigenvalue weighted by Crippen LogP contribution is 2.40. The normalized spacial score (nSPS) is 19.4. The monoisotopic (exact) mass is 341 g/mol. The van der Waals surface area contributed by atoms with E-state index in [0.717, 1.165) is 30.8 Å². The predicted octanol–water partition coefficient (Wildman–Crippen LogP) is 3.14. The molecule has 1 fully saturated rings. The summed E-state index contributed by atoms with van der Waals surface area (Å²) in [6.45, 7) is 1.44. The van der Waals surface area contributed by atoms with E-state index < -0.39 is 0 Å². The minimum absolute atomic E-state index is 0.0838. The Morgan fingerprint density at radius 1 is 1.21 bits per heavy atom. The maximum absolute atomic E-state index is 12.3. The first-order valence-electron chi connectivity index (χ1n) is 8.15. The molecule has 0 aromatic heterocycles. The molecule has 0 radical (unpaired) electrons. The van der Waals surface area contributed by atoms with E-state index in [4.69, 9.17) is 4.74 Å².